The molecule has 13 heteroatoms. The largest absolute Gasteiger partial charge is 0.495 e. The molecule has 0 N–H and O–H groups in total. The molecule has 0 aliphatic carbocycles. The average Bonchev–Trinajstić information content (AvgIpc) is 3.67. The number of thiophene rings is 1. The number of methoxy groups -OCH3 is 2. The number of anilines is 1. The van der Waals surface area contributed by atoms with E-state index in [9.17, 15) is 13.2 Å². The van der Waals surface area contributed by atoms with Gasteiger partial charge in [0.1, 0.15) is 25.9 Å². The van der Waals surface area contributed by atoms with Gasteiger partial charge in [-0.2, -0.15) is 4.31 Å². The topological polar surface area (TPSA) is 98.3 Å². The highest BCUT2D eigenvalue weighted by atomic mass is 35.5. The van der Waals surface area contributed by atoms with Gasteiger partial charge in [0.15, 0.2) is 5.13 Å². The van der Waals surface area contributed by atoms with Gasteiger partial charge in [-0.05, 0) is 49.9 Å². The third kappa shape index (κ3) is 5.32. The lowest BCUT2D eigenvalue weighted by molar-refractivity contribution is -0.123. The van der Waals surface area contributed by atoms with Crippen molar-refractivity contribution in [1.29, 1.82) is 0 Å². The molecular weight excluding hydrogens is 558 g/mol. The fraction of sp³-hybridized carbons (Fsp3) is 0.500. The predicted molar refractivity (Wildman–Crippen MR) is 145 cm³/mol. The van der Waals surface area contributed by atoms with E-state index in [1.165, 1.54) is 21.7 Å². The van der Waals surface area contributed by atoms with Crippen molar-refractivity contribution in [2.45, 2.75) is 36.0 Å². The molecule has 1 aromatic carbocycles. The molecule has 2 aromatic heterocycles. The number of sulfonamides is 1. The molecule has 200 valence electrons. The standard InChI is InChI=1S/C24H28ClN3O6S3/c1-32-17-5-6-18(33-2)22-21(17)26-24(36-22)28(14-16-4-3-13-34-16)23(29)15-9-11-27(12-10-15)37(30,31)20-8-7-19(25)35-20/h5-8,15-16H,3-4,9-14H2,1-2H3. The van der Waals surface area contributed by atoms with Crippen LogP contribution >= 0.6 is 34.3 Å². The van der Waals surface area contributed by atoms with Gasteiger partial charge in [-0.25, -0.2) is 13.4 Å². The van der Waals surface area contributed by atoms with Crippen LogP contribution in [0.5, 0.6) is 11.5 Å². The summed E-state index contributed by atoms with van der Waals surface area (Å²) in [6, 6.07) is 6.74. The lowest BCUT2D eigenvalue weighted by atomic mass is 9.96. The minimum absolute atomic E-state index is 0.0659. The van der Waals surface area contributed by atoms with Crippen molar-refractivity contribution in [3.8, 4) is 11.5 Å². The van der Waals surface area contributed by atoms with Gasteiger partial charge in [0.25, 0.3) is 10.0 Å². The zero-order chi connectivity index (χ0) is 26.2. The molecule has 0 radical (unpaired) electrons. The SMILES string of the molecule is COc1ccc(OC)c2sc(N(CC3CCCO3)C(=O)C3CCN(S(=O)(=O)c4ccc(Cl)s4)CC3)nc12. The van der Waals surface area contributed by atoms with Crippen LogP contribution in [0.1, 0.15) is 25.7 Å². The molecule has 37 heavy (non-hydrogen) atoms. The van der Waals surface area contributed by atoms with Crippen LogP contribution in [0.25, 0.3) is 10.2 Å². The van der Waals surface area contributed by atoms with Gasteiger partial charge in [0, 0.05) is 25.6 Å². The Hall–Kier alpha value is -1.96. The van der Waals surface area contributed by atoms with Crippen LogP contribution in [-0.2, 0) is 19.6 Å². The van der Waals surface area contributed by atoms with Crippen LogP contribution in [0.15, 0.2) is 28.5 Å². The van der Waals surface area contributed by atoms with Gasteiger partial charge in [-0.1, -0.05) is 22.9 Å². The third-order valence-electron chi connectivity index (χ3n) is 6.75. The average molecular weight is 586 g/mol. The van der Waals surface area contributed by atoms with Gasteiger partial charge in [0.2, 0.25) is 5.91 Å². The third-order valence-corrected chi connectivity index (χ3v) is 11.4. The highest BCUT2D eigenvalue weighted by molar-refractivity contribution is 7.91. The number of aromatic nitrogens is 1. The van der Waals surface area contributed by atoms with E-state index in [0.717, 1.165) is 28.9 Å². The molecule has 0 saturated carbocycles. The normalized spacial score (nSPS) is 19.4. The Morgan fingerprint density at radius 2 is 1.86 bits per heavy atom. The first-order chi connectivity index (χ1) is 17.8. The fourth-order valence-electron chi connectivity index (χ4n) is 4.77. The Kier molecular flexibility index (Phi) is 7.94. The quantitative estimate of drug-likeness (QED) is 0.380. The minimum Gasteiger partial charge on any atom is -0.495 e. The molecule has 9 nitrogen and oxygen atoms in total. The second-order valence-corrected chi connectivity index (χ2v) is 13.8. The molecule has 1 atom stereocenters. The summed E-state index contributed by atoms with van der Waals surface area (Å²) in [6.45, 7) is 1.61. The Morgan fingerprint density at radius 3 is 2.49 bits per heavy atom. The van der Waals surface area contributed by atoms with Gasteiger partial charge in [0.05, 0.1) is 31.2 Å². The maximum atomic E-state index is 13.9. The molecule has 4 heterocycles. The van der Waals surface area contributed by atoms with Crippen molar-refractivity contribution in [2.24, 2.45) is 5.92 Å². The maximum Gasteiger partial charge on any atom is 0.252 e. The molecule has 2 saturated heterocycles. The van der Waals surface area contributed by atoms with Crippen molar-refractivity contribution >= 4 is 65.6 Å². The number of benzene rings is 1. The van der Waals surface area contributed by atoms with Gasteiger partial charge in [-0.3, -0.25) is 9.69 Å². The Morgan fingerprint density at radius 1 is 1.14 bits per heavy atom. The number of piperidine rings is 1. The van der Waals surface area contributed by atoms with Crippen molar-refractivity contribution in [3.05, 3.63) is 28.6 Å². The zero-order valence-corrected chi connectivity index (χ0v) is 23.7. The number of thiazole rings is 1. The molecular formula is C24H28ClN3O6S3. The first-order valence-electron chi connectivity index (χ1n) is 12.0. The minimum atomic E-state index is -3.63. The predicted octanol–water partition coefficient (Wildman–Crippen LogP) is 4.64. The molecule has 2 aliphatic rings. The van der Waals surface area contributed by atoms with E-state index in [4.69, 9.17) is 30.8 Å². The number of nitrogens with zero attached hydrogens (tertiary/aromatic N) is 3. The summed E-state index contributed by atoms with van der Waals surface area (Å²) in [4.78, 5) is 20.4. The van der Waals surface area contributed by atoms with Gasteiger partial charge < -0.3 is 14.2 Å². The van der Waals surface area contributed by atoms with Crippen LogP contribution in [0.4, 0.5) is 5.13 Å². The number of hydrogen-bond donors (Lipinski definition) is 0. The van der Waals surface area contributed by atoms with E-state index >= 15 is 0 Å². The van der Waals surface area contributed by atoms with Crippen LogP contribution in [-0.4, -0.2) is 70.2 Å². The smallest absolute Gasteiger partial charge is 0.252 e. The molecule has 2 aliphatic heterocycles. The second kappa shape index (κ2) is 11.0. The summed E-state index contributed by atoms with van der Waals surface area (Å²) in [5.74, 6) is 0.880. The molecule has 0 spiro atoms. The molecule has 2 fully saturated rings. The Balaban J connectivity index is 1.39. The number of hydrogen-bond acceptors (Lipinski definition) is 9. The van der Waals surface area contributed by atoms with Crippen LogP contribution in [0, 0.1) is 5.92 Å². The first kappa shape index (κ1) is 26.6. The van der Waals surface area contributed by atoms with E-state index in [1.54, 1.807) is 31.3 Å². The Labute approximate surface area is 228 Å². The lowest BCUT2D eigenvalue weighted by Gasteiger charge is -2.33. The number of ether oxygens (including phenoxy) is 3. The second-order valence-electron chi connectivity index (χ2n) is 8.97. The number of fused-ring (bicyclic) bond motifs is 1. The zero-order valence-electron chi connectivity index (χ0n) is 20.5. The van der Waals surface area contributed by atoms with E-state index in [1.807, 2.05) is 6.07 Å². The highest BCUT2D eigenvalue weighted by Crippen LogP contribution is 2.41. The van der Waals surface area contributed by atoms with Crippen molar-refractivity contribution in [2.75, 3.05) is 45.4 Å². The maximum absolute atomic E-state index is 13.9. The van der Waals surface area contributed by atoms with Crippen molar-refractivity contribution < 1.29 is 27.4 Å². The summed E-state index contributed by atoms with van der Waals surface area (Å²) >= 11 is 8.38. The summed E-state index contributed by atoms with van der Waals surface area (Å²) < 4.78 is 45.8. The van der Waals surface area contributed by atoms with Gasteiger partial charge >= 0.3 is 0 Å². The summed E-state index contributed by atoms with van der Waals surface area (Å²) in [7, 11) is -0.446. The number of carbonyl (C=O) groups is 1. The van der Waals surface area contributed by atoms with E-state index in [2.05, 4.69) is 0 Å². The molecule has 3 aromatic rings. The number of amides is 1. The molecule has 0 bridgehead atoms. The van der Waals surface area contributed by atoms with Crippen LogP contribution < -0.4 is 14.4 Å². The summed E-state index contributed by atoms with van der Waals surface area (Å²) in [5, 5.41) is 0.557. The number of rotatable bonds is 8. The molecule has 1 amide bonds. The number of carbonyl (C=O) groups excluding carboxylic acids is 1. The first-order valence-corrected chi connectivity index (χ1v) is 15.5. The monoisotopic (exact) mass is 585 g/mol. The van der Waals surface area contributed by atoms with Crippen molar-refractivity contribution in [1.82, 2.24) is 9.29 Å². The lowest BCUT2D eigenvalue weighted by Crippen LogP contribution is -2.46. The fourth-order valence-corrected chi connectivity index (χ4v) is 8.97. The van der Waals surface area contributed by atoms with Crippen LogP contribution in [0.3, 0.4) is 0 Å². The van der Waals surface area contributed by atoms with Gasteiger partial charge in [-0.15, -0.1) is 11.3 Å². The molecule has 5 rings (SSSR count). The van der Waals surface area contributed by atoms with Crippen LogP contribution in [0.2, 0.25) is 4.34 Å². The highest BCUT2D eigenvalue weighted by Gasteiger charge is 2.37. The van der Waals surface area contributed by atoms with E-state index < -0.39 is 10.0 Å². The number of halogens is 1. The summed E-state index contributed by atoms with van der Waals surface area (Å²) in [6.07, 6.45) is 2.62. The Bertz CT molecular complexity index is 1340. The van der Waals surface area contributed by atoms with Crippen molar-refractivity contribution in [3.63, 3.8) is 0 Å². The molecule has 1 unspecified atom stereocenters. The summed E-state index contributed by atoms with van der Waals surface area (Å²) in [5.41, 5.74) is 0.641. The van der Waals surface area contributed by atoms with E-state index in [0.29, 0.717) is 52.5 Å². The van der Waals surface area contributed by atoms with E-state index in [-0.39, 0.29) is 35.2 Å².